The number of hydrogen-bond donors (Lipinski definition) is 17. The summed E-state index contributed by atoms with van der Waals surface area (Å²) in [5, 5.41) is 78.0. The van der Waals surface area contributed by atoms with E-state index >= 15 is 0 Å². The average molecular weight is 1180 g/mol. The van der Waals surface area contributed by atoms with Gasteiger partial charge in [0.25, 0.3) is 0 Å². The predicted octanol–water partition coefficient (Wildman–Crippen LogP) is -3.01. The number of guanidine groups is 4. The number of thioether (sulfide) groups is 2. The van der Waals surface area contributed by atoms with Crippen molar-refractivity contribution in [2.45, 2.75) is 98.8 Å². The third kappa shape index (κ3) is 16.1. The monoisotopic (exact) mass is 1180 g/mol. The molecule has 0 aromatic heterocycles. The van der Waals surface area contributed by atoms with E-state index in [0.717, 1.165) is 0 Å². The summed E-state index contributed by atoms with van der Waals surface area (Å²) in [5.41, 5.74) is 52.8. The molecular weight excluding hydrogens is 1110 g/mol. The standard InChI is InChI=1S/C50H69N15O15S2/c51-35(52)12-20-11-28(63-48(55)56)43(41(72)42(20)79-45-29(64-49(57)58)16-30(68)33(77-45)17-61-47(53)54)80-46-40(71)38(65-50(59)60)39(70)34(78-46)18-81-9-7-75-8-10-82-19-36(69)62-21-1-4-24(27(13-21)44(73)74)37-25-5-2-22(66)14-31(25)76-32-15-23(67)3-6-26(32)37/h1-6,13-15,20,28-30,33-34,38-43,45-46,66,68,70-72H,7-12,16-19H2,(H3,51,52)(H,62,69)(H,73,74)(H4,53,54,61)(H4,55,56,63)(H4,57,58,64)(H4,59,60,65)/t20-,28-,29-,30?,33-,34?,38+,39-,40?,41?,42?,43+,45-,46-/m1/s1. The minimum absolute atomic E-state index is 0.0149. The number of phenols is 1. The molecule has 446 valence electrons. The molecule has 3 fully saturated rings. The number of phenolic OH excluding ortho intramolecular Hbond substituents is 1. The Bertz CT molecular complexity index is 3050. The van der Waals surface area contributed by atoms with E-state index in [1.165, 1.54) is 53.9 Å². The Kier molecular flexibility index (Phi) is 21.4. The molecule has 1 amide bonds. The molecule has 5 aliphatic rings. The maximum atomic E-state index is 13.0. The van der Waals surface area contributed by atoms with E-state index in [1.807, 2.05) is 0 Å². The number of carboxylic acids is 1. The zero-order chi connectivity index (χ0) is 59.5. The molecule has 0 radical (unpaired) electrons. The van der Waals surface area contributed by atoms with Gasteiger partial charge in [0.2, 0.25) is 5.91 Å². The van der Waals surface area contributed by atoms with Crippen LogP contribution in [0, 0.1) is 11.3 Å². The maximum Gasteiger partial charge on any atom is 0.336 e. The minimum atomic E-state index is -1.73. The lowest BCUT2D eigenvalue weighted by molar-refractivity contribution is -0.313. The number of carboxylic acid groups (broad SMARTS) is 1. The first-order valence-corrected chi connectivity index (χ1v) is 27.9. The number of fused-ring (bicyclic) bond motifs is 2. The number of anilines is 1. The number of carbonyl (C=O) groups excluding carboxylic acids is 1. The summed E-state index contributed by atoms with van der Waals surface area (Å²) in [6, 6.07) is 9.55. The molecule has 2 aliphatic carbocycles. The highest BCUT2D eigenvalue weighted by atomic mass is 32.2. The second kappa shape index (κ2) is 28.2. The molecule has 30 nitrogen and oxygen atoms in total. The van der Waals surface area contributed by atoms with Gasteiger partial charge in [-0.15, -0.1) is 11.8 Å². The first-order chi connectivity index (χ1) is 39.0. The molecule has 3 aliphatic heterocycles. The molecule has 1 saturated carbocycles. The number of nitrogens with two attached hydrogens (primary N) is 9. The molecule has 14 atom stereocenters. The predicted molar refractivity (Wildman–Crippen MR) is 307 cm³/mol. The van der Waals surface area contributed by atoms with E-state index in [0.29, 0.717) is 33.6 Å². The number of aliphatic hydroxyl groups is 4. The van der Waals surface area contributed by atoms with E-state index in [-0.39, 0.29) is 108 Å². The van der Waals surface area contributed by atoms with Crippen molar-refractivity contribution < 1.29 is 68.3 Å². The van der Waals surface area contributed by atoms with Crippen LogP contribution in [0.2, 0.25) is 0 Å². The maximum absolute atomic E-state index is 13.0. The zero-order valence-electron chi connectivity index (χ0n) is 44.0. The number of aliphatic imine (C=N–C) groups is 4. The third-order valence-corrected chi connectivity index (χ3v) is 15.4. The van der Waals surface area contributed by atoms with E-state index in [9.17, 15) is 45.0 Å². The summed E-state index contributed by atoms with van der Waals surface area (Å²) >= 11 is 2.59. The Labute approximate surface area is 476 Å². The Balaban J connectivity index is 0.944. The highest BCUT2D eigenvalue weighted by Gasteiger charge is 2.53. The van der Waals surface area contributed by atoms with Crippen molar-refractivity contribution in [3.63, 3.8) is 0 Å². The van der Waals surface area contributed by atoms with Crippen molar-refractivity contribution in [2.75, 3.05) is 48.1 Å². The van der Waals surface area contributed by atoms with E-state index in [1.54, 1.807) is 24.3 Å². The van der Waals surface area contributed by atoms with Crippen molar-refractivity contribution in [3.05, 3.63) is 70.4 Å². The molecule has 32 heteroatoms. The van der Waals surface area contributed by atoms with Crippen LogP contribution in [0.4, 0.5) is 5.69 Å². The Morgan fingerprint density at radius 2 is 1.40 bits per heavy atom. The lowest BCUT2D eigenvalue weighted by Crippen LogP contribution is -2.63. The molecule has 5 unspecified atom stereocenters. The minimum Gasteiger partial charge on any atom is -0.508 e. The molecule has 82 heavy (non-hydrogen) atoms. The second-order valence-corrected chi connectivity index (χ2v) is 21.8. The first-order valence-electron chi connectivity index (χ1n) is 25.6. The fourth-order valence-corrected chi connectivity index (χ4v) is 11.5. The second-order valence-electron chi connectivity index (χ2n) is 19.5. The quantitative estimate of drug-likeness (QED) is 0.0144. The van der Waals surface area contributed by atoms with Gasteiger partial charge in [0.05, 0.1) is 61.3 Å². The SMILES string of the molecule is N=C(N)C[C@H]1C[C@@H](N=C(N)N)[C@H](O[C@H]2OC(CSCCOCCSCC(=O)Nc3ccc(-c4c5ccc(=O)cc-5oc5cc(O)ccc45)c(C(=O)O)c3)[C@@H](O)[C@H](N=C(N)N)C2O)C(O)C1O[C@H]1O[C@H](CN=C(N)N)C(O)C[C@H]1N=C(N)N. The number of aromatic carboxylic acids is 1. The van der Waals surface area contributed by atoms with Crippen LogP contribution < -0.4 is 62.3 Å². The number of nitrogens with one attached hydrogen (secondary N) is 2. The first kappa shape index (κ1) is 62.4. The zero-order valence-corrected chi connectivity index (χ0v) is 45.6. The molecule has 3 heterocycles. The van der Waals surface area contributed by atoms with E-state index in [2.05, 4.69) is 25.3 Å². The number of aliphatic hydroxyl groups excluding tert-OH is 4. The number of rotatable bonds is 24. The fraction of sp³-hybridized carbons (Fsp3) is 0.480. The highest BCUT2D eigenvalue weighted by Crippen LogP contribution is 2.43. The molecule has 0 bridgehead atoms. The average Bonchev–Trinajstić information content (AvgIpc) is 3.30. The van der Waals surface area contributed by atoms with Crippen molar-refractivity contribution in [1.82, 2.24) is 0 Å². The smallest absolute Gasteiger partial charge is 0.336 e. The number of carbonyl (C=O) groups is 2. The number of aromatic hydroxyl groups is 1. The number of hydrogen-bond acceptors (Lipinski definition) is 21. The normalized spacial score (nSPS) is 27.2. The Morgan fingerprint density at radius 1 is 0.732 bits per heavy atom. The van der Waals surface area contributed by atoms with Gasteiger partial charge < -0.3 is 116 Å². The van der Waals surface area contributed by atoms with Gasteiger partial charge >= 0.3 is 5.97 Å². The van der Waals surface area contributed by atoms with Gasteiger partial charge in [-0.1, -0.05) is 6.07 Å². The number of amides is 1. The highest BCUT2D eigenvalue weighted by molar-refractivity contribution is 8.00. The summed E-state index contributed by atoms with van der Waals surface area (Å²) in [6.45, 7) is 0.317. The van der Waals surface area contributed by atoms with Gasteiger partial charge in [0, 0.05) is 64.4 Å². The fourth-order valence-electron chi connectivity index (χ4n) is 9.95. The van der Waals surface area contributed by atoms with E-state index < -0.39 is 103 Å². The van der Waals surface area contributed by atoms with Crippen LogP contribution in [0.5, 0.6) is 5.75 Å². The van der Waals surface area contributed by atoms with E-state index in [4.69, 9.17) is 85.1 Å². The van der Waals surface area contributed by atoms with Gasteiger partial charge in [-0.05, 0) is 54.3 Å². The van der Waals surface area contributed by atoms with Crippen molar-refractivity contribution in [1.29, 1.82) is 5.41 Å². The number of ether oxygens (including phenoxy) is 5. The Hall–Kier alpha value is -7.24. The summed E-state index contributed by atoms with van der Waals surface area (Å²) in [4.78, 5) is 54.4. The summed E-state index contributed by atoms with van der Waals surface area (Å²) in [7, 11) is 0. The van der Waals surface area contributed by atoms with Crippen LogP contribution in [0.25, 0.3) is 33.4 Å². The lowest BCUT2D eigenvalue weighted by atomic mass is 9.77. The topological polar surface area (TPSA) is 551 Å². The van der Waals surface area contributed by atoms with Crippen molar-refractivity contribution in [2.24, 2.45) is 77.5 Å². The molecule has 26 N–H and O–H groups in total. The van der Waals surface area contributed by atoms with Crippen LogP contribution in [0.1, 0.15) is 29.6 Å². The molecule has 2 aromatic rings. The molecule has 7 rings (SSSR count). The summed E-state index contributed by atoms with van der Waals surface area (Å²) in [6.07, 6.45) is -14.1. The molecule has 0 spiro atoms. The van der Waals surface area contributed by atoms with Crippen LogP contribution in [-0.2, 0) is 28.5 Å². The van der Waals surface area contributed by atoms with Crippen LogP contribution in [0.3, 0.4) is 0 Å². The number of benzene rings is 3. The lowest BCUT2D eigenvalue weighted by Gasteiger charge is -2.48. The third-order valence-electron chi connectivity index (χ3n) is 13.5. The summed E-state index contributed by atoms with van der Waals surface area (Å²) < 4.78 is 36.8. The largest absolute Gasteiger partial charge is 0.508 e. The molecular formula is C50H69N15O15S2. The van der Waals surface area contributed by atoms with Crippen molar-refractivity contribution in [3.8, 4) is 28.2 Å². The van der Waals surface area contributed by atoms with Gasteiger partial charge in [-0.25, -0.2) is 19.8 Å². The summed E-state index contributed by atoms with van der Waals surface area (Å²) in [5.74, 6) is -3.15. The van der Waals surface area contributed by atoms with Gasteiger partial charge in [0.15, 0.2) is 41.8 Å². The van der Waals surface area contributed by atoms with Crippen molar-refractivity contribution >= 4 is 81.7 Å². The van der Waals surface area contributed by atoms with Gasteiger partial charge in [0.1, 0.15) is 59.7 Å². The number of amidine groups is 1. The van der Waals surface area contributed by atoms with Gasteiger partial charge in [-0.2, -0.15) is 11.8 Å². The van der Waals surface area contributed by atoms with Crippen LogP contribution in [-0.4, -0.2) is 194 Å². The Morgan fingerprint density at radius 3 is 2.09 bits per heavy atom. The number of nitrogens with zero attached hydrogens (tertiary/aromatic N) is 4. The van der Waals surface area contributed by atoms with Gasteiger partial charge in [-0.3, -0.25) is 20.0 Å². The molecule has 2 aromatic carbocycles. The van der Waals surface area contributed by atoms with Crippen LogP contribution >= 0.6 is 23.5 Å². The molecule has 2 saturated heterocycles. The van der Waals surface area contributed by atoms with Crippen LogP contribution in [0.15, 0.2) is 83.8 Å².